The Morgan fingerprint density at radius 3 is 2.23 bits per heavy atom. The van der Waals surface area contributed by atoms with E-state index in [1.807, 2.05) is 4.90 Å². The summed E-state index contributed by atoms with van der Waals surface area (Å²) in [6.45, 7) is 8.46. The fraction of sp³-hybridized carbons (Fsp3) is 0.826. The van der Waals surface area contributed by atoms with Gasteiger partial charge in [0, 0.05) is 33.2 Å². The molecule has 0 unspecified atom stereocenters. The maximum atomic E-state index is 13.4. The lowest BCUT2D eigenvalue weighted by molar-refractivity contribution is -0.136. The van der Waals surface area contributed by atoms with E-state index in [1.165, 1.54) is 36.2 Å². The molecule has 1 amide bonds. The molecule has 2 rings (SSSR count). The maximum absolute atomic E-state index is 13.4. The lowest BCUT2D eigenvalue weighted by Crippen LogP contribution is -2.47. The highest BCUT2D eigenvalue weighted by Gasteiger charge is 2.36. The van der Waals surface area contributed by atoms with Gasteiger partial charge in [-0.15, -0.1) is 0 Å². The second-order valence-electron chi connectivity index (χ2n) is 8.87. The summed E-state index contributed by atoms with van der Waals surface area (Å²) in [5, 5.41) is 4.09. The van der Waals surface area contributed by atoms with Crippen molar-refractivity contribution in [3.63, 3.8) is 0 Å². The summed E-state index contributed by atoms with van der Waals surface area (Å²) in [6, 6.07) is 0. The van der Waals surface area contributed by atoms with E-state index >= 15 is 0 Å². The zero-order valence-electron chi connectivity index (χ0n) is 20.0. The highest BCUT2D eigenvalue weighted by atomic mass is 32.2. The lowest BCUT2D eigenvalue weighted by atomic mass is 9.97. The van der Waals surface area contributed by atoms with Crippen molar-refractivity contribution >= 4 is 15.9 Å². The number of carbonyl (C=O) groups is 1. The van der Waals surface area contributed by atoms with Crippen LogP contribution in [0.25, 0.3) is 0 Å². The molecule has 1 aliphatic heterocycles. The molecule has 0 bridgehead atoms. The van der Waals surface area contributed by atoms with Crippen LogP contribution in [0.15, 0.2) is 11.1 Å². The van der Waals surface area contributed by atoms with Crippen LogP contribution in [0.3, 0.4) is 0 Å². The van der Waals surface area contributed by atoms with Gasteiger partial charge in [0.15, 0.2) is 0 Å². The molecule has 0 N–H and O–H groups in total. The molecule has 0 aliphatic carbocycles. The van der Waals surface area contributed by atoms with Crippen LogP contribution >= 0.6 is 0 Å². The molecule has 0 radical (unpaired) electrons. The molecule has 178 valence electrons. The van der Waals surface area contributed by atoms with Crippen LogP contribution in [0.2, 0.25) is 0 Å². The SMILES string of the molecule is CCCCCCN(CCCCCC)C(=O)[C@H]1CCCN(S(=O)(=O)c2cnn(C)c2C)C1. The van der Waals surface area contributed by atoms with Gasteiger partial charge in [-0.1, -0.05) is 52.4 Å². The number of unbranched alkanes of at least 4 members (excludes halogenated alkanes) is 6. The Labute approximate surface area is 189 Å². The van der Waals surface area contributed by atoms with E-state index in [0.29, 0.717) is 18.7 Å². The van der Waals surface area contributed by atoms with Crippen LogP contribution in [0.1, 0.15) is 83.7 Å². The molecule has 31 heavy (non-hydrogen) atoms. The average Bonchev–Trinajstić information content (AvgIpc) is 3.11. The predicted octanol–water partition coefficient (Wildman–Crippen LogP) is 4.12. The lowest BCUT2D eigenvalue weighted by Gasteiger charge is -2.34. The van der Waals surface area contributed by atoms with E-state index in [-0.39, 0.29) is 23.3 Å². The van der Waals surface area contributed by atoms with Crippen molar-refractivity contribution in [3.8, 4) is 0 Å². The molecule has 0 spiro atoms. The standard InChI is InChI=1S/C23H42N4O3S/c1-5-7-9-11-15-26(16-12-10-8-6-2)23(28)21-14-13-17-27(19-21)31(29,30)22-18-24-25(4)20(22)3/h18,21H,5-17,19H2,1-4H3/t21-/m0/s1. The number of aromatic nitrogens is 2. The monoisotopic (exact) mass is 454 g/mol. The van der Waals surface area contributed by atoms with Crippen molar-refractivity contribution < 1.29 is 13.2 Å². The van der Waals surface area contributed by atoms with Crippen molar-refractivity contribution in [2.75, 3.05) is 26.2 Å². The summed E-state index contributed by atoms with van der Waals surface area (Å²) in [5.41, 5.74) is 0.627. The van der Waals surface area contributed by atoms with Crippen LogP contribution in [-0.4, -0.2) is 59.5 Å². The Bertz CT molecular complexity index is 779. The Hall–Kier alpha value is -1.41. The number of sulfonamides is 1. The van der Waals surface area contributed by atoms with E-state index in [2.05, 4.69) is 18.9 Å². The van der Waals surface area contributed by atoms with Crippen molar-refractivity contribution in [2.45, 2.75) is 89.9 Å². The Morgan fingerprint density at radius 1 is 1.10 bits per heavy atom. The maximum Gasteiger partial charge on any atom is 0.246 e. The topological polar surface area (TPSA) is 75.5 Å². The number of rotatable bonds is 13. The molecule has 7 nitrogen and oxygen atoms in total. The van der Waals surface area contributed by atoms with Crippen molar-refractivity contribution in [1.29, 1.82) is 0 Å². The van der Waals surface area contributed by atoms with Gasteiger partial charge in [-0.25, -0.2) is 8.42 Å². The van der Waals surface area contributed by atoms with E-state index < -0.39 is 10.0 Å². The first-order chi connectivity index (χ1) is 14.8. The minimum atomic E-state index is -3.63. The van der Waals surface area contributed by atoms with E-state index in [1.54, 1.807) is 18.7 Å². The molecule has 1 saturated heterocycles. The van der Waals surface area contributed by atoms with Gasteiger partial charge in [-0.05, 0) is 32.6 Å². The molecule has 1 fully saturated rings. The Kier molecular flexibility index (Phi) is 10.5. The van der Waals surface area contributed by atoms with Crippen molar-refractivity contribution in [1.82, 2.24) is 19.0 Å². The molecular weight excluding hydrogens is 412 g/mol. The quantitative estimate of drug-likeness (QED) is 0.420. The molecule has 1 aromatic rings. The molecule has 1 aromatic heterocycles. The third-order valence-electron chi connectivity index (χ3n) is 6.42. The highest BCUT2D eigenvalue weighted by molar-refractivity contribution is 7.89. The van der Waals surface area contributed by atoms with Crippen molar-refractivity contribution in [2.24, 2.45) is 13.0 Å². The second kappa shape index (κ2) is 12.6. The number of aryl methyl sites for hydroxylation is 1. The molecular formula is C23H42N4O3S. The van der Waals surface area contributed by atoms with E-state index in [4.69, 9.17) is 0 Å². The fourth-order valence-corrected chi connectivity index (χ4v) is 5.99. The summed E-state index contributed by atoms with van der Waals surface area (Å²) in [7, 11) is -1.89. The van der Waals surface area contributed by atoms with Gasteiger partial charge < -0.3 is 4.90 Å². The third kappa shape index (κ3) is 7.04. The van der Waals surface area contributed by atoms with Gasteiger partial charge in [-0.2, -0.15) is 9.40 Å². The zero-order chi connectivity index (χ0) is 22.9. The first-order valence-electron chi connectivity index (χ1n) is 12.1. The first-order valence-corrected chi connectivity index (χ1v) is 13.5. The Morgan fingerprint density at radius 2 is 1.71 bits per heavy atom. The Balaban J connectivity index is 2.06. The summed E-state index contributed by atoms with van der Waals surface area (Å²) >= 11 is 0. The number of amides is 1. The van der Waals surface area contributed by atoms with Gasteiger partial charge in [0.2, 0.25) is 15.9 Å². The molecule has 0 saturated carbocycles. The minimum Gasteiger partial charge on any atom is -0.342 e. The third-order valence-corrected chi connectivity index (χ3v) is 8.38. The molecule has 1 atom stereocenters. The summed E-state index contributed by atoms with van der Waals surface area (Å²) in [4.78, 5) is 15.7. The molecule has 8 heteroatoms. The van der Waals surface area contributed by atoms with E-state index in [9.17, 15) is 13.2 Å². The normalized spacial score (nSPS) is 17.7. The number of hydrogen-bond donors (Lipinski definition) is 0. The van der Waals surface area contributed by atoms with Crippen LogP contribution in [0.4, 0.5) is 0 Å². The average molecular weight is 455 g/mol. The second-order valence-corrected chi connectivity index (χ2v) is 10.8. The summed E-state index contributed by atoms with van der Waals surface area (Å²) < 4.78 is 29.5. The highest BCUT2D eigenvalue weighted by Crippen LogP contribution is 2.26. The largest absolute Gasteiger partial charge is 0.342 e. The number of nitrogens with zero attached hydrogens (tertiary/aromatic N) is 4. The van der Waals surface area contributed by atoms with Crippen molar-refractivity contribution in [3.05, 3.63) is 11.9 Å². The summed E-state index contributed by atoms with van der Waals surface area (Å²) in [6.07, 6.45) is 12.0. The minimum absolute atomic E-state index is 0.135. The smallest absolute Gasteiger partial charge is 0.246 e. The molecule has 0 aromatic carbocycles. The molecule has 1 aliphatic rings. The zero-order valence-corrected chi connectivity index (χ0v) is 20.8. The van der Waals surface area contributed by atoms with Crippen LogP contribution < -0.4 is 0 Å². The van der Waals surface area contributed by atoms with Gasteiger partial charge in [0.25, 0.3) is 0 Å². The molecule has 2 heterocycles. The first kappa shape index (κ1) is 25.8. The van der Waals surface area contributed by atoms with Gasteiger partial charge in [0.1, 0.15) is 4.90 Å². The number of hydrogen-bond acceptors (Lipinski definition) is 4. The van der Waals surface area contributed by atoms with Crippen LogP contribution in [-0.2, 0) is 21.9 Å². The number of carbonyl (C=O) groups excluding carboxylic acids is 1. The van der Waals surface area contributed by atoms with Crippen LogP contribution in [0.5, 0.6) is 0 Å². The van der Waals surface area contributed by atoms with Crippen LogP contribution in [0, 0.1) is 12.8 Å². The number of piperidine rings is 1. The summed E-state index contributed by atoms with van der Waals surface area (Å²) in [5.74, 6) is -0.117. The fourth-order valence-electron chi connectivity index (χ4n) is 4.28. The predicted molar refractivity (Wildman–Crippen MR) is 124 cm³/mol. The van der Waals surface area contributed by atoms with Gasteiger partial charge in [-0.3, -0.25) is 9.48 Å². The van der Waals surface area contributed by atoms with Gasteiger partial charge in [0.05, 0.1) is 17.8 Å². The van der Waals surface area contributed by atoms with Gasteiger partial charge >= 0.3 is 0 Å². The van der Waals surface area contributed by atoms with E-state index in [0.717, 1.165) is 45.2 Å².